The van der Waals surface area contributed by atoms with Crippen molar-refractivity contribution in [1.29, 1.82) is 0 Å². The number of benzene rings is 1. The second kappa shape index (κ2) is 5.47. The van der Waals surface area contributed by atoms with E-state index in [0.717, 1.165) is 0 Å². The highest BCUT2D eigenvalue weighted by atomic mass is 15.1. The number of nitrogens with zero attached hydrogens (tertiary/aromatic N) is 1. The molecule has 3 rings (SSSR count). The van der Waals surface area contributed by atoms with Crippen molar-refractivity contribution in [3.05, 3.63) is 54.1 Å². The van der Waals surface area contributed by atoms with E-state index in [9.17, 15) is 0 Å². The second-order valence-electron chi connectivity index (χ2n) is 6.42. The standard InChI is InChI=1S/C19H25N/c1-20(2)18-13-7-6-12-17(18)19(14-8-3-9-15-19)16-10-4-5-11-16/h4-7,10-13,16H,3,8-9,14-15H2,1-2H3. The summed E-state index contributed by atoms with van der Waals surface area (Å²) in [6, 6.07) is 9.01. The van der Waals surface area contributed by atoms with Crippen LogP contribution in [0, 0.1) is 5.92 Å². The van der Waals surface area contributed by atoms with E-state index >= 15 is 0 Å². The number of anilines is 1. The first-order valence-corrected chi connectivity index (χ1v) is 7.86. The van der Waals surface area contributed by atoms with E-state index in [2.05, 4.69) is 67.6 Å². The Kier molecular flexibility index (Phi) is 3.69. The van der Waals surface area contributed by atoms with Crippen LogP contribution in [0.3, 0.4) is 0 Å². The van der Waals surface area contributed by atoms with Gasteiger partial charge in [0, 0.05) is 31.1 Å². The second-order valence-corrected chi connectivity index (χ2v) is 6.42. The molecular formula is C19H25N. The van der Waals surface area contributed by atoms with Crippen LogP contribution in [0.1, 0.15) is 37.7 Å². The molecule has 0 N–H and O–H groups in total. The van der Waals surface area contributed by atoms with Crippen molar-refractivity contribution in [2.24, 2.45) is 5.92 Å². The summed E-state index contributed by atoms with van der Waals surface area (Å²) in [4.78, 5) is 2.27. The van der Waals surface area contributed by atoms with Gasteiger partial charge < -0.3 is 4.90 Å². The largest absolute Gasteiger partial charge is 0.377 e. The third-order valence-electron chi connectivity index (χ3n) is 5.05. The van der Waals surface area contributed by atoms with E-state index in [0.29, 0.717) is 11.3 Å². The number of para-hydroxylation sites is 1. The van der Waals surface area contributed by atoms with Gasteiger partial charge in [0.2, 0.25) is 0 Å². The average Bonchev–Trinajstić information content (AvgIpc) is 3.03. The minimum absolute atomic E-state index is 0.308. The van der Waals surface area contributed by atoms with Crippen LogP contribution in [-0.2, 0) is 5.41 Å². The average molecular weight is 267 g/mol. The lowest BCUT2D eigenvalue weighted by atomic mass is 9.62. The van der Waals surface area contributed by atoms with Gasteiger partial charge in [-0.15, -0.1) is 0 Å². The van der Waals surface area contributed by atoms with Crippen LogP contribution in [0.15, 0.2) is 48.6 Å². The van der Waals surface area contributed by atoms with Gasteiger partial charge in [0.1, 0.15) is 0 Å². The molecule has 2 aliphatic rings. The molecule has 1 heteroatoms. The van der Waals surface area contributed by atoms with Gasteiger partial charge in [0.25, 0.3) is 0 Å². The molecule has 20 heavy (non-hydrogen) atoms. The fourth-order valence-corrected chi connectivity index (χ4v) is 4.05. The summed E-state index contributed by atoms with van der Waals surface area (Å²) in [7, 11) is 4.32. The van der Waals surface area contributed by atoms with E-state index in [1.165, 1.54) is 37.8 Å². The zero-order chi connectivity index (χ0) is 14.0. The molecular weight excluding hydrogens is 242 g/mol. The summed E-state index contributed by atoms with van der Waals surface area (Å²) in [5, 5.41) is 0. The summed E-state index contributed by atoms with van der Waals surface area (Å²) >= 11 is 0. The van der Waals surface area contributed by atoms with E-state index in [1.807, 2.05) is 0 Å². The molecule has 1 fully saturated rings. The van der Waals surface area contributed by atoms with Crippen molar-refractivity contribution >= 4 is 5.69 Å². The summed E-state index contributed by atoms with van der Waals surface area (Å²) in [5.74, 6) is 0.573. The van der Waals surface area contributed by atoms with Gasteiger partial charge in [-0.2, -0.15) is 0 Å². The smallest absolute Gasteiger partial charge is 0.0399 e. The molecule has 0 bridgehead atoms. The first-order chi connectivity index (χ1) is 9.74. The number of hydrogen-bond donors (Lipinski definition) is 0. The maximum atomic E-state index is 2.40. The highest BCUT2D eigenvalue weighted by Crippen LogP contribution is 2.49. The Hall–Kier alpha value is -1.50. The van der Waals surface area contributed by atoms with E-state index < -0.39 is 0 Å². The first-order valence-electron chi connectivity index (χ1n) is 7.86. The molecule has 2 aliphatic carbocycles. The summed E-state index contributed by atoms with van der Waals surface area (Å²) < 4.78 is 0. The molecule has 0 spiro atoms. The van der Waals surface area contributed by atoms with Crippen molar-refractivity contribution in [3.8, 4) is 0 Å². The number of rotatable bonds is 3. The van der Waals surface area contributed by atoms with Crippen LogP contribution in [0.5, 0.6) is 0 Å². The molecule has 0 aromatic heterocycles. The van der Waals surface area contributed by atoms with Crippen molar-refractivity contribution < 1.29 is 0 Å². The molecule has 0 atom stereocenters. The van der Waals surface area contributed by atoms with Crippen LogP contribution >= 0.6 is 0 Å². The zero-order valence-electron chi connectivity index (χ0n) is 12.7. The molecule has 1 saturated carbocycles. The molecule has 0 saturated heterocycles. The van der Waals surface area contributed by atoms with Gasteiger partial charge >= 0.3 is 0 Å². The van der Waals surface area contributed by atoms with Crippen LogP contribution in [0.25, 0.3) is 0 Å². The van der Waals surface area contributed by atoms with Gasteiger partial charge in [-0.3, -0.25) is 0 Å². The third-order valence-corrected chi connectivity index (χ3v) is 5.05. The van der Waals surface area contributed by atoms with Crippen LogP contribution in [0.2, 0.25) is 0 Å². The Labute approximate surface area is 123 Å². The fraction of sp³-hybridized carbons (Fsp3) is 0.474. The summed E-state index contributed by atoms with van der Waals surface area (Å²) in [6.07, 6.45) is 16.0. The van der Waals surface area contributed by atoms with Crippen molar-refractivity contribution in [2.45, 2.75) is 37.5 Å². The van der Waals surface area contributed by atoms with Crippen LogP contribution in [0.4, 0.5) is 5.69 Å². The Morgan fingerprint density at radius 1 is 0.950 bits per heavy atom. The topological polar surface area (TPSA) is 3.24 Å². The molecule has 1 aromatic rings. The quantitative estimate of drug-likeness (QED) is 0.767. The van der Waals surface area contributed by atoms with Crippen LogP contribution < -0.4 is 4.90 Å². The number of allylic oxidation sites excluding steroid dienone is 4. The van der Waals surface area contributed by atoms with E-state index in [4.69, 9.17) is 0 Å². The Balaban J connectivity index is 2.10. The Bertz CT molecular complexity index is 506. The summed E-state index contributed by atoms with van der Waals surface area (Å²) in [5.41, 5.74) is 3.25. The molecule has 0 heterocycles. The predicted molar refractivity (Wildman–Crippen MR) is 87.3 cm³/mol. The minimum atomic E-state index is 0.308. The lowest BCUT2D eigenvalue weighted by Crippen LogP contribution is -2.36. The molecule has 0 amide bonds. The highest BCUT2D eigenvalue weighted by molar-refractivity contribution is 5.57. The normalized spacial score (nSPS) is 21.3. The van der Waals surface area contributed by atoms with Crippen molar-refractivity contribution in [2.75, 3.05) is 19.0 Å². The van der Waals surface area contributed by atoms with Gasteiger partial charge in [-0.05, 0) is 24.5 Å². The SMILES string of the molecule is CN(C)c1ccccc1C1(C2C=CC=C2)CCCCC1. The maximum Gasteiger partial charge on any atom is 0.0399 e. The molecule has 1 aromatic carbocycles. The Morgan fingerprint density at radius 3 is 2.25 bits per heavy atom. The van der Waals surface area contributed by atoms with Gasteiger partial charge in [-0.1, -0.05) is 61.8 Å². The fourth-order valence-electron chi connectivity index (χ4n) is 4.05. The lowest BCUT2D eigenvalue weighted by Gasteiger charge is -2.43. The first kappa shape index (κ1) is 13.5. The summed E-state index contributed by atoms with van der Waals surface area (Å²) in [6.45, 7) is 0. The zero-order valence-corrected chi connectivity index (χ0v) is 12.7. The van der Waals surface area contributed by atoms with Crippen molar-refractivity contribution in [1.82, 2.24) is 0 Å². The minimum Gasteiger partial charge on any atom is -0.377 e. The Morgan fingerprint density at radius 2 is 1.60 bits per heavy atom. The van der Waals surface area contributed by atoms with Crippen LogP contribution in [-0.4, -0.2) is 14.1 Å². The highest BCUT2D eigenvalue weighted by Gasteiger charge is 2.41. The predicted octanol–water partition coefficient (Wildman–Crippen LogP) is 4.70. The monoisotopic (exact) mass is 267 g/mol. The van der Waals surface area contributed by atoms with E-state index in [1.54, 1.807) is 5.56 Å². The lowest BCUT2D eigenvalue weighted by molar-refractivity contribution is 0.254. The van der Waals surface area contributed by atoms with Gasteiger partial charge in [0.05, 0.1) is 0 Å². The van der Waals surface area contributed by atoms with Gasteiger partial charge in [-0.25, -0.2) is 0 Å². The molecule has 0 unspecified atom stereocenters. The maximum absolute atomic E-state index is 2.40. The third kappa shape index (κ3) is 2.19. The van der Waals surface area contributed by atoms with Crippen molar-refractivity contribution in [3.63, 3.8) is 0 Å². The molecule has 0 aliphatic heterocycles. The van der Waals surface area contributed by atoms with Gasteiger partial charge in [0.15, 0.2) is 0 Å². The molecule has 1 nitrogen and oxygen atoms in total. The number of hydrogen-bond acceptors (Lipinski definition) is 1. The van der Waals surface area contributed by atoms with E-state index in [-0.39, 0.29) is 0 Å². The molecule has 106 valence electrons. The molecule has 0 radical (unpaired) electrons.